The molecule has 1 saturated carbocycles. The third-order valence-electron chi connectivity index (χ3n) is 4.74. The summed E-state index contributed by atoms with van der Waals surface area (Å²) in [4.78, 5) is 12.1. The van der Waals surface area contributed by atoms with Gasteiger partial charge in [-0.1, -0.05) is 12.8 Å². The molecule has 23 heavy (non-hydrogen) atoms. The summed E-state index contributed by atoms with van der Waals surface area (Å²) in [5.41, 5.74) is 0.997. The van der Waals surface area contributed by atoms with Crippen LogP contribution >= 0.6 is 0 Å². The number of amides is 1. The molecule has 5 heteroatoms. The van der Waals surface area contributed by atoms with Gasteiger partial charge in [0.1, 0.15) is 12.3 Å². The smallest absolute Gasteiger partial charge is 0.240 e. The average Bonchev–Trinajstić information content (AvgIpc) is 3.22. The molecule has 1 amide bonds. The van der Waals surface area contributed by atoms with E-state index in [1.807, 2.05) is 35.0 Å². The first-order valence-electron chi connectivity index (χ1n) is 8.25. The number of ether oxygens (including phenoxy) is 1. The Balaban J connectivity index is 1.57. The summed E-state index contributed by atoms with van der Waals surface area (Å²) in [7, 11) is 1.64. The van der Waals surface area contributed by atoms with Crippen molar-refractivity contribution in [3.05, 3.63) is 30.5 Å². The lowest BCUT2D eigenvalue weighted by molar-refractivity contribution is -0.122. The minimum Gasteiger partial charge on any atom is -0.497 e. The van der Waals surface area contributed by atoms with Crippen molar-refractivity contribution in [2.75, 3.05) is 13.7 Å². The fourth-order valence-electron chi connectivity index (χ4n) is 3.38. The van der Waals surface area contributed by atoms with Gasteiger partial charge in [0.25, 0.3) is 0 Å². The van der Waals surface area contributed by atoms with Gasteiger partial charge in [-0.25, -0.2) is 0 Å². The molecule has 1 fully saturated rings. The molecule has 2 aromatic rings. The van der Waals surface area contributed by atoms with E-state index in [4.69, 9.17) is 4.74 Å². The number of carbonyl (C=O) groups excluding carboxylic acids is 1. The van der Waals surface area contributed by atoms with Crippen molar-refractivity contribution in [1.29, 1.82) is 0 Å². The SMILES string of the molecule is COc1ccc2c(ccn2CC(=O)NCC(O)C2CCCC2)c1. The monoisotopic (exact) mass is 316 g/mol. The Hall–Kier alpha value is -2.01. The number of nitrogens with zero attached hydrogens (tertiary/aromatic N) is 1. The molecule has 0 aliphatic heterocycles. The lowest BCUT2D eigenvalue weighted by Gasteiger charge is -2.18. The van der Waals surface area contributed by atoms with Gasteiger partial charge in [-0.15, -0.1) is 0 Å². The Morgan fingerprint density at radius 1 is 1.39 bits per heavy atom. The van der Waals surface area contributed by atoms with E-state index in [9.17, 15) is 9.90 Å². The molecular weight excluding hydrogens is 292 g/mol. The highest BCUT2D eigenvalue weighted by atomic mass is 16.5. The van der Waals surface area contributed by atoms with Crippen LogP contribution in [-0.4, -0.2) is 35.3 Å². The zero-order valence-electron chi connectivity index (χ0n) is 13.5. The molecule has 2 N–H and O–H groups in total. The number of hydrogen-bond acceptors (Lipinski definition) is 3. The van der Waals surface area contributed by atoms with Crippen molar-refractivity contribution in [2.45, 2.75) is 38.3 Å². The number of hydrogen-bond donors (Lipinski definition) is 2. The van der Waals surface area contributed by atoms with Crippen LogP contribution in [0.2, 0.25) is 0 Å². The van der Waals surface area contributed by atoms with Crippen LogP contribution in [0.15, 0.2) is 30.5 Å². The molecule has 0 saturated heterocycles. The van der Waals surface area contributed by atoms with Crippen LogP contribution in [-0.2, 0) is 11.3 Å². The van der Waals surface area contributed by atoms with E-state index in [0.717, 1.165) is 29.5 Å². The molecule has 1 heterocycles. The lowest BCUT2D eigenvalue weighted by atomic mass is 10.0. The van der Waals surface area contributed by atoms with E-state index < -0.39 is 6.10 Å². The number of benzene rings is 1. The number of aliphatic hydroxyl groups is 1. The van der Waals surface area contributed by atoms with E-state index in [0.29, 0.717) is 12.5 Å². The number of rotatable bonds is 6. The van der Waals surface area contributed by atoms with Crippen LogP contribution in [0.25, 0.3) is 10.9 Å². The second-order valence-corrected chi connectivity index (χ2v) is 6.28. The zero-order valence-corrected chi connectivity index (χ0v) is 13.5. The summed E-state index contributed by atoms with van der Waals surface area (Å²) in [5.74, 6) is 1.07. The minimum atomic E-state index is -0.424. The van der Waals surface area contributed by atoms with Gasteiger partial charge >= 0.3 is 0 Å². The Bertz CT molecular complexity index is 674. The molecule has 1 unspecified atom stereocenters. The van der Waals surface area contributed by atoms with Gasteiger partial charge < -0.3 is 19.7 Å². The van der Waals surface area contributed by atoms with E-state index >= 15 is 0 Å². The molecule has 0 radical (unpaired) electrons. The highest BCUT2D eigenvalue weighted by Gasteiger charge is 2.23. The van der Waals surface area contributed by atoms with Crippen LogP contribution in [0.1, 0.15) is 25.7 Å². The first-order valence-corrected chi connectivity index (χ1v) is 8.25. The van der Waals surface area contributed by atoms with Crippen molar-refractivity contribution < 1.29 is 14.6 Å². The lowest BCUT2D eigenvalue weighted by Crippen LogP contribution is -2.37. The average molecular weight is 316 g/mol. The predicted molar refractivity (Wildman–Crippen MR) is 89.5 cm³/mol. The maximum atomic E-state index is 12.1. The number of aromatic nitrogens is 1. The summed E-state index contributed by atoms with van der Waals surface area (Å²) >= 11 is 0. The Morgan fingerprint density at radius 2 is 2.17 bits per heavy atom. The van der Waals surface area contributed by atoms with E-state index in [1.54, 1.807) is 7.11 Å². The molecule has 1 aliphatic carbocycles. The van der Waals surface area contributed by atoms with Crippen LogP contribution < -0.4 is 10.1 Å². The summed E-state index contributed by atoms with van der Waals surface area (Å²) in [6.07, 6.45) is 5.99. The van der Waals surface area contributed by atoms with Crippen molar-refractivity contribution in [2.24, 2.45) is 5.92 Å². The molecule has 5 nitrogen and oxygen atoms in total. The maximum Gasteiger partial charge on any atom is 0.240 e. The van der Waals surface area contributed by atoms with E-state index in [2.05, 4.69) is 5.32 Å². The number of nitrogens with one attached hydrogen (secondary N) is 1. The number of fused-ring (bicyclic) bond motifs is 1. The molecule has 0 spiro atoms. The molecule has 1 aromatic heterocycles. The second-order valence-electron chi connectivity index (χ2n) is 6.28. The van der Waals surface area contributed by atoms with Gasteiger partial charge in [0.2, 0.25) is 5.91 Å². The van der Waals surface area contributed by atoms with Gasteiger partial charge in [0.05, 0.1) is 13.2 Å². The number of aliphatic hydroxyl groups excluding tert-OH is 1. The van der Waals surface area contributed by atoms with Crippen LogP contribution in [0.3, 0.4) is 0 Å². The number of carbonyl (C=O) groups is 1. The first kappa shape index (κ1) is 15.9. The van der Waals surface area contributed by atoms with Gasteiger partial charge in [-0.2, -0.15) is 0 Å². The molecule has 124 valence electrons. The highest BCUT2D eigenvalue weighted by molar-refractivity contribution is 5.84. The molecular formula is C18H24N2O3. The van der Waals surface area contributed by atoms with E-state index in [-0.39, 0.29) is 12.5 Å². The standard InChI is InChI=1S/C18H24N2O3/c1-23-15-6-7-16-14(10-15)8-9-20(16)12-18(22)19-11-17(21)13-4-2-3-5-13/h6-10,13,17,21H,2-5,11-12H2,1H3,(H,19,22). The minimum absolute atomic E-state index is 0.0737. The summed E-state index contributed by atoms with van der Waals surface area (Å²) in [6.45, 7) is 0.601. The van der Waals surface area contributed by atoms with Crippen molar-refractivity contribution in [1.82, 2.24) is 9.88 Å². The van der Waals surface area contributed by atoms with Crippen molar-refractivity contribution >= 4 is 16.8 Å². The third-order valence-corrected chi connectivity index (χ3v) is 4.74. The predicted octanol–water partition coefficient (Wildman–Crippen LogP) is 2.32. The normalized spacial score (nSPS) is 16.6. The summed E-state index contributed by atoms with van der Waals surface area (Å²) < 4.78 is 7.12. The Labute approximate surface area is 136 Å². The summed E-state index contributed by atoms with van der Waals surface area (Å²) in [5, 5.41) is 14.0. The molecule has 3 rings (SSSR count). The van der Waals surface area contributed by atoms with Crippen LogP contribution in [0.5, 0.6) is 5.75 Å². The zero-order chi connectivity index (χ0) is 16.2. The summed E-state index contributed by atoms with van der Waals surface area (Å²) in [6, 6.07) is 7.77. The molecule has 1 aliphatic rings. The van der Waals surface area contributed by atoms with Gasteiger partial charge in [-0.05, 0) is 43.0 Å². The third kappa shape index (κ3) is 3.67. The molecule has 1 atom stereocenters. The van der Waals surface area contributed by atoms with Crippen molar-refractivity contribution in [3.8, 4) is 5.75 Å². The highest BCUT2D eigenvalue weighted by Crippen LogP contribution is 2.27. The van der Waals surface area contributed by atoms with Crippen molar-refractivity contribution in [3.63, 3.8) is 0 Å². The van der Waals surface area contributed by atoms with Crippen LogP contribution in [0.4, 0.5) is 0 Å². The Morgan fingerprint density at radius 3 is 2.91 bits per heavy atom. The molecule has 1 aromatic carbocycles. The fraction of sp³-hybridized carbons (Fsp3) is 0.500. The molecule has 0 bridgehead atoms. The van der Waals surface area contributed by atoms with Gasteiger partial charge in [-0.3, -0.25) is 4.79 Å². The maximum absolute atomic E-state index is 12.1. The fourth-order valence-corrected chi connectivity index (χ4v) is 3.38. The topological polar surface area (TPSA) is 63.5 Å². The quantitative estimate of drug-likeness (QED) is 0.859. The van der Waals surface area contributed by atoms with E-state index in [1.165, 1.54) is 12.8 Å². The van der Waals surface area contributed by atoms with Gasteiger partial charge in [0, 0.05) is 23.6 Å². The second kappa shape index (κ2) is 7.04. The number of methoxy groups -OCH3 is 1. The largest absolute Gasteiger partial charge is 0.497 e. The van der Waals surface area contributed by atoms with Crippen LogP contribution in [0, 0.1) is 5.92 Å². The Kier molecular flexibility index (Phi) is 4.86. The first-order chi connectivity index (χ1) is 11.2. The van der Waals surface area contributed by atoms with Gasteiger partial charge in [0.15, 0.2) is 0 Å².